The van der Waals surface area contributed by atoms with E-state index in [1.165, 1.54) is 22.5 Å². The number of anilines is 1. The summed E-state index contributed by atoms with van der Waals surface area (Å²) in [5.41, 5.74) is 1.16. The van der Waals surface area contributed by atoms with Gasteiger partial charge in [-0.05, 0) is 61.7 Å². The van der Waals surface area contributed by atoms with Crippen molar-refractivity contribution < 1.29 is 22.4 Å². The van der Waals surface area contributed by atoms with E-state index < -0.39 is 27.7 Å². The average molecular weight is 434 g/mol. The number of sulfonamides is 1. The number of piperidine rings is 1. The zero-order valence-corrected chi connectivity index (χ0v) is 17.5. The zero-order valence-electron chi connectivity index (χ0n) is 16.7. The molecule has 0 aromatic heterocycles. The maximum atomic E-state index is 13.0. The second-order valence-electron chi connectivity index (χ2n) is 7.18. The molecule has 2 amide bonds. The number of nitrogens with zero attached hydrogens (tertiary/aromatic N) is 1. The molecule has 1 heterocycles. The number of hydrogen-bond donors (Lipinski definition) is 2. The van der Waals surface area contributed by atoms with Crippen LogP contribution in [0.2, 0.25) is 0 Å². The molecule has 1 fully saturated rings. The average Bonchev–Trinajstić information content (AvgIpc) is 2.74. The topological polar surface area (TPSA) is 95.6 Å². The van der Waals surface area contributed by atoms with Gasteiger partial charge in [-0.3, -0.25) is 9.59 Å². The molecule has 2 aromatic carbocycles. The summed E-state index contributed by atoms with van der Waals surface area (Å²) < 4.78 is 40.4. The molecule has 30 heavy (non-hydrogen) atoms. The third kappa shape index (κ3) is 5.22. The molecule has 0 saturated carbocycles. The third-order valence-electron chi connectivity index (χ3n) is 4.92. The van der Waals surface area contributed by atoms with Crippen molar-refractivity contribution in [1.29, 1.82) is 0 Å². The molecule has 0 aliphatic carbocycles. The highest BCUT2D eigenvalue weighted by Crippen LogP contribution is 2.26. The predicted molar refractivity (Wildman–Crippen MR) is 111 cm³/mol. The van der Waals surface area contributed by atoms with Gasteiger partial charge in [0.05, 0.1) is 11.4 Å². The molecule has 1 saturated heterocycles. The summed E-state index contributed by atoms with van der Waals surface area (Å²) >= 11 is 0. The van der Waals surface area contributed by atoms with E-state index in [1.54, 1.807) is 19.1 Å². The maximum absolute atomic E-state index is 13.0. The van der Waals surface area contributed by atoms with Gasteiger partial charge >= 0.3 is 0 Å². The first-order valence-corrected chi connectivity index (χ1v) is 11.2. The number of amides is 2. The molecule has 2 N–H and O–H groups in total. The van der Waals surface area contributed by atoms with Crippen molar-refractivity contribution in [3.8, 4) is 0 Å². The molecule has 0 radical (unpaired) electrons. The van der Waals surface area contributed by atoms with Gasteiger partial charge in [-0.1, -0.05) is 12.5 Å². The fraction of sp³-hybridized carbons (Fsp3) is 0.333. The number of carbonyl (C=O) groups excluding carboxylic acids is 2. The van der Waals surface area contributed by atoms with Crippen LogP contribution in [0.4, 0.5) is 10.1 Å². The predicted octanol–water partition coefficient (Wildman–Crippen LogP) is 2.68. The molecule has 0 atom stereocenters. The van der Waals surface area contributed by atoms with Crippen molar-refractivity contribution in [2.75, 3.05) is 25.0 Å². The van der Waals surface area contributed by atoms with E-state index in [0.717, 1.165) is 31.4 Å². The molecule has 2 aromatic rings. The normalized spacial score (nSPS) is 14.9. The summed E-state index contributed by atoms with van der Waals surface area (Å²) in [5.74, 6) is -1.47. The van der Waals surface area contributed by atoms with Crippen LogP contribution in [0.1, 0.15) is 35.2 Å². The Morgan fingerprint density at radius 3 is 2.37 bits per heavy atom. The summed E-state index contributed by atoms with van der Waals surface area (Å²) in [6, 6.07) is 9.66. The Bertz CT molecular complexity index is 1030. The number of halogens is 1. The lowest BCUT2D eigenvalue weighted by Crippen LogP contribution is -2.36. The van der Waals surface area contributed by atoms with Gasteiger partial charge in [0.25, 0.3) is 5.91 Å². The minimum Gasteiger partial charge on any atom is -0.343 e. The molecule has 7 nitrogen and oxygen atoms in total. The second-order valence-corrected chi connectivity index (χ2v) is 9.09. The van der Waals surface area contributed by atoms with E-state index in [1.807, 2.05) is 0 Å². The first kappa shape index (κ1) is 21.9. The number of rotatable bonds is 6. The Balaban J connectivity index is 1.65. The second kappa shape index (κ2) is 9.36. The van der Waals surface area contributed by atoms with Gasteiger partial charge in [-0.15, -0.1) is 0 Å². The lowest BCUT2D eigenvalue weighted by Gasteiger charge is -2.26. The van der Waals surface area contributed by atoms with E-state index in [2.05, 4.69) is 10.6 Å². The Labute approximate surface area is 175 Å². The monoisotopic (exact) mass is 433 g/mol. The van der Waals surface area contributed by atoms with Gasteiger partial charge in [-0.2, -0.15) is 4.31 Å². The number of hydrogen-bond acceptors (Lipinski definition) is 4. The van der Waals surface area contributed by atoms with Gasteiger partial charge in [0.1, 0.15) is 5.82 Å². The van der Waals surface area contributed by atoms with Crippen LogP contribution < -0.4 is 10.6 Å². The number of nitrogens with one attached hydrogen (secondary N) is 2. The summed E-state index contributed by atoms with van der Waals surface area (Å²) in [4.78, 5) is 24.4. The summed E-state index contributed by atoms with van der Waals surface area (Å²) in [6.45, 7) is 2.39. The van der Waals surface area contributed by atoms with Crippen molar-refractivity contribution in [2.45, 2.75) is 31.1 Å². The van der Waals surface area contributed by atoms with Crippen LogP contribution in [0.5, 0.6) is 0 Å². The van der Waals surface area contributed by atoms with E-state index in [4.69, 9.17) is 0 Å². The molecular formula is C21H24FN3O4S. The van der Waals surface area contributed by atoms with Crippen LogP contribution in [0.3, 0.4) is 0 Å². The van der Waals surface area contributed by atoms with Crippen molar-refractivity contribution in [3.63, 3.8) is 0 Å². The summed E-state index contributed by atoms with van der Waals surface area (Å²) in [5, 5.41) is 5.05. The Kier molecular flexibility index (Phi) is 6.84. The first-order valence-electron chi connectivity index (χ1n) is 9.72. The fourth-order valence-electron chi connectivity index (χ4n) is 3.27. The molecule has 0 spiro atoms. The van der Waals surface area contributed by atoms with Crippen molar-refractivity contribution >= 4 is 27.5 Å². The molecule has 1 aliphatic heterocycles. The molecule has 0 unspecified atom stereocenters. The fourth-order valence-corrected chi connectivity index (χ4v) is 5.04. The highest BCUT2D eigenvalue weighted by molar-refractivity contribution is 7.89. The van der Waals surface area contributed by atoms with Gasteiger partial charge in [0, 0.05) is 24.3 Å². The van der Waals surface area contributed by atoms with Gasteiger partial charge in [-0.25, -0.2) is 12.8 Å². The minimum atomic E-state index is -3.63. The van der Waals surface area contributed by atoms with E-state index in [0.29, 0.717) is 24.3 Å². The first-order chi connectivity index (χ1) is 14.3. The largest absolute Gasteiger partial charge is 0.343 e. The highest BCUT2D eigenvalue weighted by Gasteiger charge is 2.27. The van der Waals surface area contributed by atoms with Crippen LogP contribution in [0.25, 0.3) is 0 Å². The Morgan fingerprint density at radius 2 is 1.70 bits per heavy atom. The Morgan fingerprint density at radius 1 is 1.03 bits per heavy atom. The molecule has 9 heteroatoms. The SMILES string of the molecule is Cc1ccc(NC(=O)CNC(=O)c2ccc(F)cc2)cc1S(=O)(=O)N1CCCCC1. The number of benzene rings is 2. The zero-order chi connectivity index (χ0) is 21.7. The van der Waals surface area contributed by atoms with Crippen molar-refractivity contribution in [3.05, 3.63) is 59.4 Å². The number of aryl methyl sites for hydroxylation is 1. The lowest BCUT2D eigenvalue weighted by molar-refractivity contribution is -0.115. The van der Waals surface area contributed by atoms with E-state index in [-0.39, 0.29) is 17.0 Å². The molecule has 0 bridgehead atoms. The van der Waals surface area contributed by atoms with Gasteiger partial charge in [0.2, 0.25) is 15.9 Å². The van der Waals surface area contributed by atoms with Crippen LogP contribution >= 0.6 is 0 Å². The van der Waals surface area contributed by atoms with Gasteiger partial charge in [0.15, 0.2) is 0 Å². The van der Waals surface area contributed by atoms with Crippen LogP contribution in [-0.2, 0) is 14.8 Å². The molecule has 3 rings (SSSR count). The summed E-state index contributed by atoms with van der Waals surface area (Å²) in [7, 11) is -3.63. The quantitative estimate of drug-likeness (QED) is 0.732. The molecular weight excluding hydrogens is 409 g/mol. The van der Waals surface area contributed by atoms with Crippen molar-refractivity contribution in [2.24, 2.45) is 0 Å². The standard InChI is InChI=1S/C21H24FN3O4S/c1-15-5-10-18(13-19(15)30(28,29)25-11-3-2-4-12-25)24-20(26)14-23-21(27)16-6-8-17(22)9-7-16/h5-10,13H,2-4,11-12,14H2,1H3,(H,23,27)(H,24,26). The number of carbonyl (C=O) groups is 2. The van der Waals surface area contributed by atoms with E-state index in [9.17, 15) is 22.4 Å². The van der Waals surface area contributed by atoms with Gasteiger partial charge < -0.3 is 10.6 Å². The van der Waals surface area contributed by atoms with Crippen molar-refractivity contribution in [1.82, 2.24) is 9.62 Å². The Hall–Kier alpha value is -2.78. The summed E-state index contributed by atoms with van der Waals surface area (Å²) in [6.07, 6.45) is 2.69. The molecule has 1 aliphatic rings. The van der Waals surface area contributed by atoms with Crippen LogP contribution in [-0.4, -0.2) is 44.2 Å². The van der Waals surface area contributed by atoms with Crippen LogP contribution in [0, 0.1) is 12.7 Å². The van der Waals surface area contributed by atoms with E-state index >= 15 is 0 Å². The van der Waals surface area contributed by atoms with Crippen LogP contribution in [0.15, 0.2) is 47.4 Å². The lowest BCUT2D eigenvalue weighted by atomic mass is 10.2. The molecule has 160 valence electrons. The highest BCUT2D eigenvalue weighted by atomic mass is 32.2. The smallest absolute Gasteiger partial charge is 0.251 e. The minimum absolute atomic E-state index is 0.164. The third-order valence-corrected chi connectivity index (χ3v) is 6.96. The maximum Gasteiger partial charge on any atom is 0.251 e.